The highest BCUT2D eigenvalue weighted by atomic mass is 16.6. The molecule has 1 rings (SSSR count). The van der Waals surface area contributed by atoms with Crippen molar-refractivity contribution >= 4 is 12.1 Å². The molecule has 1 unspecified atom stereocenters. The number of carboxylic acid groups (broad SMARTS) is 1. The number of hydrogen-bond acceptors (Lipinski definition) is 3. The summed E-state index contributed by atoms with van der Waals surface area (Å²) in [6, 6.07) is -0.838. The first-order valence-corrected chi connectivity index (χ1v) is 6.29. The van der Waals surface area contributed by atoms with Gasteiger partial charge in [0.05, 0.1) is 0 Å². The van der Waals surface area contributed by atoms with Crippen molar-refractivity contribution in [3.63, 3.8) is 0 Å². The van der Waals surface area contributed by atoms with E-state index < -0.39 is 23.7 Å². The number of carbonyl (C=O) groups is 2. The topological polar surface area (TPSA) is 75.6 Å². The van der Waals surface area contributed by atoms with Gasteiger partial charge < -0.3 is 15.2 Å². The number of terminal acetylenes is 1. The maximum atomic E-state index is 11.5. The number of rotatable bonds is 4. The predicted molar refractivity (Wildman–Crippen MR) is 72.6 cm³/mol. The molecule has 19 heavy (non-hydrogen) atoms. The van der Waals surface area contributed by atoms with E-state index in [0.29, 0.717) is 12.3 Å². The maximum Gasteiger partial charge on any atom is 0.408 e. The SMILES string of the molecule is CC(C)(C)OC(=O)NC(CC1CCC1)C(=O)O.[2H]C#C. The zero-order valence-electron chi connectivity index (χ0n) is 12.7. The fraction of sp³-hybridized carbons (Fsp3) is 0.714. The lowest BCUT2D eigenvalue weighted by Gasteiger charge is -2.29. The molecule has 0 saturated heterocycles. The van der Waals surface area contributed by atoms with Crippen LogP contribution in [0, 0.1) is 18.7 Å². The minimum Gasteiger partial charge on any atom is -0.480 e. The van der Waals surface area contributed by atoms with Crippen LogP contribution in [0.25, 0.3) is 0 Å². The van der Waals surface area contributed by atoms with Crippen molar-refractivity contribution in [2.24, 2.45) is 5.92 Å². The second-order valence-electron chi connectivity index (χ2n) is 5.57. The largest absolute Gasteiger partial charge is 0.480 e. The molecule has 2 N–H and O–H groups in total. The summed E-state index contributed by atoms with van der Waals surface area (Å²) in [5, 5.41) is 11.4. The monoisotopic (exact) mass is 270 g/mol. The number of hydrogen-bond donors (Lipinski definition) is 2. The zero-order chi connectivity index (χ0) is 15.8. The van der Waals surface area contributed by atoms with E-state index in [4.69, 9.17) is 11.2 Å². The number of aliphatic carboxylic acids is 1. The van der Waals surface area contributed by atoms with E-state index in [2.05, 4.69) is 11.7 Å². The Morgan fingerprint density at radius 3 is 2.37 bits per heavy atom. The van der Waals surface area contributed by atoms with Gasteiger partial charge in [-0.2, -0.15) is 0 Å². The Morgan fingerprint density at radius 2 is 2.05 bits per heavy atom. The smallest absolute Gasteiger partial charge is 0.408 e. The summed E-state index contributed by atoms with van der Waals surface area (Å²) in [6.07, 6.45) is 8.86. The van der Waals surface area contributed by atoms with Crippen LogP contribution in [0.4, 0.5) is 4.79 Å². The van der Waals surface area contributed by atoms with Crippen LogP contribution in [0.5, 0.6) is 0 Å². The molecule has 0 heterocycles. The van der Waals surface area contributed by atoms with Gasteiger partial charge in [-0.05, 0) is 33.1 Å². The van der Waals surface area contributed by atoms with Crippen LogP contribution in [0.1, 0.15) is 47.8 Å². The van der Waals surface area contributed by atoms with Crippen LogP contribution >= 0.6 is 0 Å². The number of carboxylic acids is 1. The summed E-state index contributed by atoms with van der Waals surface area (Å²) in [7, 11) is 0. The Kier molecular flexibility index (Phi) is 6.20. The molecule has 108 valence electrons. The van der Waals surface area contributed by atoms with Crippen LogP contribution in [-0.2, 0) is 9.53 Å². The molecule has 0 aromatic rings. The van der Waals surface area contributed by atoms with Crippen LogP contribution < -0.4 is 5.32 Å². The van der Waals surface area contributed by atoms with E-state index in [0.717, 1.165) is 19.3 Å². The van der Waals surface area contributed by atoms with Crippen molar-refractivity contribution in [2.45, 2.75) is 58.1 Å². The minimum atomic E-state index is -0.997. The average Bonchev–Trinajstić information content (AvgIpc) is 2.19. The Balaban J connectivity index is 0.00000110. The van der Waals surface area contributed by atoms with Gasteiger partial charge in [-0.15, -0.1) is 12.8 Å². The molecule has 5 nitrogen and oxygen atoms in total. The van der Waals surface area contributed by atoms with Crippen LogP contribution in [-0.4, -0.2) is 28.8 Å². The van der Waals surface area contributed by atoms with E-state index in [1.165, 1.54) is 6.40 Å². The molecule has 0 aliphatic heterocycles. The molecular formula is C14H23NO4. The molecule has 0 radical (unpaired) electrons. The van der Waals surface area contributed by atoms with E-state index in [1.54, 1.807) is 20.8 Å². The fourth-order valence-corrected chi connectivity index (χ4v) is 1.73. The van der Waals surface area contributed by atoms with Crippen molar-refractivity contribution in [1.82, 2.24) is 5.32 Å². The van der Waals surface area contributed by atoms with Gasteiger partial charge in [0, 0.05) is 0 Å². The molecular weight excluding hydrogens is 246 g/mol. The molecule has 0 bridgehead atoms. The first-order valence-electron chi connectivity index (χ1n) is 6.79. The normalized spacial score (nSPS) is 16.6. The highest BCUT2D eigenvalue weighted by Crippen LogP contribution is 2.30. The zero-order valence-corrected chi connectivity index (χ0v) is 11.7. The highest BCUT2D eigenvalue weighted by molar-refractivity contribution is 5.80. The molecule has 1 aliphatic carbocycles. The molecule has 1 atom stereocenters. The number of alkyl carbamates (subject to hydrolysis) is 1. The summed E-state index contributed by atoms with van der Waals surface area (Å²) < 4.78 is 10.8. The molecule has 5 heteroatoms. The maximum absolute atomic E-state index is 11.5. The van der Waals surface area contributed by atoms with Gasteiger partial charge in [0.15, 0.2) is 0 Å². The third-order valence-corrected chi connectivity index (χ3v) is 2.78. The summed E-state index contributed by atoms with van der Waals surface area (Å²) in [6.45, 7) is 5.23. The second kappa shape index (κ2) is 7.67. The molecule has 0 aromatic carbocycles. The number of nitrogens with one attached hydrogen (secondary N) is 1. The summed E-state index contributed by atoms with van der Waals surface area (Å²) in [4.78, 5) is 22.5. The van der Waals surface area contributed by atoms with Gasteiger partial charge in [0.1, 0.15) is 13.0 Å². The molecule has 0 spiro atoms. The van der Waals surface area contributed by atoms with Crippen molar-refractivity contribution in [3.05, 3.63) is 0 Å². The molecule has 0 aromatic heterocycles. The number of amides is 1. The first-order chi connectivity index (χ1) is 9.19. The first kappa shape index (κ1) is 15.4. The fourth-order valence-electron chi connectivity index (χ4n) is 1.73. The van der Waals surface area contributed by atoms with Gasteiger partial charge in [-0.3, -0.25) is 0 Å². The van der Waals surface area contributed by atoms with E-state index in [9.17, 15) is 9.59 Å². The van der Waals surface area contributed by atoms with Gasteiger partial charge >= 0.3 is 12.1 Å². The van der Waals surface area contributed by atoms with Crippen molar-refractivity contribution in [2.75, 3.05) is 0 Å². The van der Waals surface area contributed by atoms with Crippen LogP contribution in [0.15, 0.2) is 0 Å². The van der Waals surface area contributed by atoms with E-state index in [1.807, 2.05) is 0 Å². The van der Waals surface area contributed by atoms with Gasteiger partial charge in [0.25, 0.3) is 0 Å². The number of ether oxygens (including phenoxy) is 1. The third-order valence-electron chi connectivity index (χ3n) is 2.78. The second-order valence-corrected chi connectivity index (χ2v) is 5.57. The standard InChI is InChI=1S/C12H21NO4.C2H2/c1-12(2,3)17-11(16)13-9(10(14)15)7-8-5-4-6-8;1-2/h8-9H,4-7H2,1-3H3,(H,13,16)(H,14,15);1-2H/i;1D. The van der Waals surface area contributed by atoms with Crippen molar-refractivity contribution in [3.8, 4) is 12.8 Å². The van der Waals surface area contributed by atoms with Gasteiger partial charge in [0.2, 0.25) is 0 Å². The molecule has 1 fully saturated rings. The van der Waals surface area contributed by atoms with Crippen LogP contribution in [0.2, 0.25) is 0 Å². The van der Waals surface area contributed by atoms with Crippen molar-refractivity contribution < 1.29 is 20.8 Å². The van der Waals surface area contributed by atoms with E-state index >= 15 is 0 Å². The third kappa shape index (κ3) is 7.35. The predicted octanol–water partition coefficient (Wildman–Crippen LogP) is 2.40. The number of carbonyl (C=O) groups excluding carboxylic acids is 1. The van der Waals surface area contributed by atoms with Gasteiger partial charge in [-0.25, -0.2) is 9.59 Å². The van der Waals surface area contributed by atoms with Gasteiger partial charge in [-0.1, -0.05) is 19.3 Å². The van der Waals surface area contributed by atoms with Crippen molar-refractivity contribution in [1.29, 1.82) is 0 Å². The highest BCUT2D eigenvalue weighted by Gasteiger charge is 2.29. The Bertz CT molecular complexity index is 366. The Hall–Kier alpha value is -1.70. The summed E-state index contributed by atoms with van der Waals surface area (Å²) >= 11 is 0. The van der Waals surface area contributed by atoms with Crippen LogP contribution in [0.3, 0.4) is 0 Å². The summed E-state index contributed by atoms with van der Waals surface area (Å²) in [5.74, 6) is -0.575. The minimum absolute atomic E-state index is 0.422. The Labute approximate surface area is 116 Å². The molecule has 1 amide bonds. The molecule has 1 saturated carbocycles. The lowest BCUT2D eigenvalue weighted by molar-refractivity contribution is -0.140. The lowest BCUT2D eigenvalue weighted by atomic mass is 9.81. The van der Waals surface area contributed by atoms with E-state index in [-0.39, 0.29) is 0 Å². The lowest BCUT2D eigenvalue weighted by Crippen LogP contribution is -2.45. The average molecular weight is 270 g/mol. The molecule has 1 aliphatic rings. The quantitative estimate of drug-likeness (QED) is 0.769. The Morgan fingerprint density at radius 1 is 1.53 bits per heavy atom. The summed E-state index contributed by atoms with van der Waals surface area (Å²) in [5.41, 5.74) is -0.608.